The molecule has 24 heavy (non-hydrogen) atoms. The standard InChI is InChI=1S/C18H24N4O2/c1-12-4-5-13(2)15(10-12)18(23)19-14-6-7-16-20-21-17(11-24-3)22(16)9-8-14/h4-5,10,14H,6-9,11H2,1-3H3,(H,19,23). The van der Waals surface area contributed by atoms with Gasteiger partial charge in [-0.05, 0) is 38.3 Å². The first-order valence-electron chi connectivity index (χ1n) is 8.36. The number of nitrogens with one attached hydrogen (secondary N) is 1. The highest BCUT2D eigenvalue weighted by Crippen LogP contribution is 2.17. The Balaban J connectivity index is 1.67. The van der Waals surface area contributed by atoms with E-state index in [9.17, 15) is 4.79 Å². The zero-order valence-corrected chi connectivity index (χ0v) is 14.5. The number of methoxy groups -OCH3 is 1. The molecule has 0 aliphatic carbocycles. The molecular weight excluding hydrogens is 304 g/mol. The van der Waals surface area contributed by atoms with Crippen LogP contribution in [0.4, 0.5) is 0 Å². The van der Waals surface area contributed by atoms with Crippen LogP contribution in [0.5, 0.6) is 0 Å². The Morgan fingerprint density at radius 1 is 1.33 bits per heavy atom. The predicted octanol–water partition coefficient (Wildman–Crippen LogP) is 2.18. The van der Waals surface area contributed by atoms with Crippen LogP contribution in [-0.2, 0) is 24.3 Å². The van der Waals surface area contributed by atoms with E-state index in [4.69, 9.17) is 4.74 Å². The zero-order chi connectivity index (χ0) is 17.1. The summed E-state index contributed by atoms with van der Waals surface area (Å²) >= 11 is 0. The van der Waals surface area contributed by atoms with Gasteiger partial charge in [-0.15, -0.1) is 10.2 Å². The molecule has 1 unspecified atom stereocenters. The number of hydrogen-bond acceptors (Lipinski definition) is 4. The minimum atomic E-state index is 0.0102. The van der Waals surface area contributed by atoms with Crippen LogP contribution in [0.15, 0.2) is 18.2 Å². The number of nitrogens with zero attached hydrogens (tertiary/aromatic N) is 3. The Hall–Kier alpha value is -2.21. The number of aromatic nitrogens is 3. The molecule has 1 aromatic carbocycles. The molecule has 1 N–H and O–H groups in total. The molecule has 1 amide bonds. The average molecular weight is 328 g/mol. The van der Waals surface area contributed by atoms with Gasteiger partial charge in [0.25, 0.3) is 5.91 Å². The van der Waals surface area contributed by atoms with Gasteiger partial charge in [0, 0.05) is 31.7 Å². The molecule has 0 spiro atoms. The largest absolute Gasteiger partial charge is 0.377 e. The fraction of sp³-hybridized carbons (Fsp3) is 0.500. The van der Waals surface area contributed by atoms with Crippen molar-refractivity contribution in [2.75, 3.05) is 7.11 Å². The van der Waals surface area contributed by atoms with Crippen molar-refractivity contribution in [2.24, 2.45) is 0 Å². The molecule has 0 radical (unpaired) electrons. The van der Waals surface area contributed by atoms with Crippen LogP contribution < -0.4 is 5.32 Å². The summed E-state index contributed by atoms with van der Waals surface area (Å²) in [6.07, 6.45) is 2.56. The number of carbonyl (C=O) groups excluding carboxylic acids is 1. The van der Waals surface area contributed by atoms with Crippen molar-refractivity contribution in [3.63, 3.8) is 0 Å². The quantitative estimate of drug-likeness (QED) is 0.934. The lowest BCUT2D eigenvalue weighted by Crippen LogP contribution is -2.35. The molecule has 6 nitrogen and oxygen atoms in total. The third-order valence-corrected chi connectivity index (χ3v) is 4.57. The summed E-state index contributed by atoms with van der Waals surface area (Å²) in [7, 11) is 1.66. The van der Waals surface area contributed by atoms with Crippen LogP contribution >= 0.6 is 0 Å². The summed E-state index contributed by atoms with van der Waals surface area (Å²) in [5, 5.41) is 11.6. The second kappa shape index (κ2) is 7.13. The molecule has 3 rings (SSSR count). The second-order valence-electron chi connectivity index (χ2n) is 6.43. The van der Waals surface area contributed by atoms with Crippen molar-refractivity contribution >= 4 is 5.91 Å². The smallest absolute Gasteiger partial charge is 0.251 e. The molecule has 1 atom stereocenters. The molecule has 6 heteroatoms. The lowest BCUT2D eigenvalue weighted by Gasteiger charge is -2.17. The molecule has 0 bridgehead atoms. The molecule has 0 saturated carbocycles. The maximum Gasteiger partial charge on any atom is 0.251 e. The Morgan fingerprint density at radius 3 is 2.96 bits per heavy atom. The Morgan fingerprint density at radius 2 is 2.17 bits per heavy atom. The number of ether oxygens (including phenoxy) is 1. The maximum atomic E-state index is 12.6. The maximum absolute atomic E-state index is 12.6. The molecule has 1 aliphatic rings. The van der Waals surface area contributed by atoms with Crippen molar-refractivity contribution in [2.45, 2.75) is 52.3 Å². The van der Waals surface area contributed by atoms with Crippen LogP contribution in [0.2, 0.25) is 0 Å². The number of amides is 1. The minimum absolute atomic E-state index is 0.0102. The fourth-order valence-electron chi connectivity index (χ4n) is 3.17. The molecule has 1 aromatic heterocycles. The number of carbonyl (C=O) groups is 1. The number of hydrogen-bond donors (Lipinski definition) is 1. The summed E-state index contributed by atoms with van der Waals surface area (Å²) in [5.41, 5.74) is 2.87. The summed E-state index contributed by atoms with van der Waals surface area (Å²) in [4.78, 5) is 12.6. The molecule has 0 saturated heterocycles. The Labute approximate surface area is 142 Å². The van der Waals surface area contributed by atoms with E-state index in [0.717, 1.165) is 54.1 Å². The van der Waals surface area contributed by atoms with Crippen molar-refractivity contribution in [3.8, 4) is 0 Å². The van der Waals surface area contributed by atoms with Crippen molar-refractivity contribution < 1.29 is 9.53 Å². The van der Waals surface area contributed by atoms with E-state index < -0.39 is 0 Å². The van der Waals surface area contributed by atoms with Gasteiger partial charge in [-0.3, -0.25) is 4.79 Å². The van der Waals surface area contributed by atoms with Crippen LogP contribution in [0.1, 0.15) is 46.0 Å². The normalized spacial score (nSPS) is 17.2. The van der Waals surface area contributed by atoms with Gasteiger partial charge >= 0.3 is 0 Å². The second-order valence-corrected chi connectivity index (χ2v) is 6.43. The third kappa shape index (κ3) is 3.48. The van der Waals surface area contributed by atoms with Crippen LogP contribution in [0.3, 0.4) is 0 Å². The summed E-state index contributed by atoms with van der Waals surface area (Å²) in [5.74, 6) is 1.84. The predicted molar refractivity (Wildman–Crippen MR) is 90.8 cm³/mol. The summed E-state index contributed by atoms with van der Waals surface area (Å²) in [6, 6.07) is 6.12. The fourth-order valence-corrected chi connectivity index (χ4v) is 3.17. The van der Waals surface area contributed by atoms with Gasteiger partial charge in [0.05, 0.1) is 0 Å². The van der Waals surface area contributed by atoms with E-state index in [-0.39, 0.29) is 11.9 Å². The SMILES string of the molecule is COCc1nnc2n1CCC(NC(=O)c1cc(C)ccc1C)CC2. The van der Waals surface area contributed by atoms with E-state index in [1.807, 2.05) is 32.0 Å². The van der Waals surface area contributed by atoms with Crippen molar-refractivity contribution in [3.05, 3.63) is 46.5 Å². The third-order valence-electron chi connectivity index (χ3n) is 4.57. The highest BCUT2D eigenvalue weighted by molar-refractivity contribution is 5.96. The zero-order valence-electron chi connectivity index (χ0n) is 14.5. The number of fused-ring (bicyclic) bond motifs is 1. The lowest BCUT2D eigenvalue weighted by atomic mass is 10.0. The van der Waals surface area contributed by atoms with Crippen LogP contribution in [0.25, 0.3) is 0 Å². The minimum Gasteiger partial charge on any atom is -0.377 e. The number of benzene rings is 1. The Bertz CT molecular complexity index is 739. The van der Waals surface area contributed by atoms with Gasteiger partial charge in [-0.2, -0.15) is 0 Å². The van der Waals surface area contributed by atoms with E-state index >= 15 is 0 Å². The van der Waals surface area contributed by atoms with E-state index in [1.54, 1.807) is 7.11 Å². The number of rotatable bonds is 4. The molecule has 0 fully saturated rings. The highest BCUT2D eigenvalue weighted by Gasteiger charge is 2.22. The van der Waals surface area contributed by atoms with Gasteiger partial charge in [0.15, 0.2) is 5.82 Å². The average Bonchev–Trinajstić information content (AvgIpc) is 2.83. The van der Waals surface area contributed by atoms with Crippen molar-refractivity contribution in [1.82, 2.24) is 20.1 Å². The molecule has 2 aromatic rings. The van der Waals surface area contributed by atoms with E-state index in [1.165, 1.54) is 0 Å². The molecule has 128 valence electrons. The lowest BCUT2D eigenvalue weighted by molar-refractivity contribution is 0.0932. The van der Waals surface area contributed by atoms with Gasteiger partial charge in [-0.1, -0.05) is 17.7 Å². The first kappa shape index (κ1) is 16.6. The summed E-state index contributed by atoms with van der Waals surface area (Å²) < 4.78 is 7.29. The topological polar surface area (TPSA) is 69.0 Å². The van der Waals surface area contributed by atoms with Gasteiger partial charge in [0.2, 0.25) is 0 Å². The van der Waals surface area contributed by atoms with Gasteiger partial charge < -0.3 is 14.6 Å². The van der Waals surface area contributed by atoms with Crippen molar-refractivity contribution in [1.29, 1.82) is 0 Å². The van der Waals surface area contributed by atoms with E-state index in [0.29, 0.717) is 6.61 Å². The first-order chi connectivity index (χ1) is 11.6. The molecule has 1 aliphatic heterocycles. The molecule has 2 heterocycles. The Kier molecular flexibility index (Phi) is 4.94. The molecular formula is C18H24N4O2. The summed E-state index contributed by atoms with van der Waals surface area (Å²) in [6.45, 7) is 5.25. The first-order valence-corrected chi connectivity index (χ1v) is 8.36. The number of aryl methyl sites for hydroxylation is 3. The van der Waals surface area contributed by atoms with E-state index in [2.05, 4.69) is 20.1 Å². The van der Waals surface area contributed by atoms with Gasteiger partial charge in [0.1, 0.15) is 12.4 Å². The van der Waals surface area contributed by atoms with Gasteiger partial charge in [-0.25, -0.2) is 0 Å². The van der Waals surface area contributed by atoms with Crippen LogP contribution in [0, 0.1) is 13.8 Å². The highest BCUT2D eigenvalue weighted by atomic mass is 16.5. The monoisotopic (exact) mass is 328 g/mol. The van der Waals surface area contributed by atoms with Crippen LogP contribution in [-0.4, -0.2) is 33.8 Å².